The van der Waals surface area contributed by atoms with Crippen molar-refractivity contribution in [2.45, 2.75) is 45.1 Å². The van der Waals surface area contributed by atoms with Crippen LogP contribution in [0, 0.1) is 5.92 Å². The lowest BCUT2D eigenvalue weighted by Crippen LogP contribution is -2.46. The molecule has 0 aromatic rings. The zero-order chi connectivity index (χ0) is 22.1. The lowest BCUT2D eigenvalue weighted by atomic mass is 9.78. The van der Waals surface area contributed by atoms with Gasteiger partial charge in [0.05, 0.1) is 12.7 Å². The molecule has 0 amide bonds. The highest BCUT2D eigenvalue weighted by Gasteiger charge is 2.37. The first-order valence-corrected chi connectivity index (χ1v) is 11.3. The van der Waals surface area contributed by atoms with Crippen molar-refractivity contribution < 1.29 is 9.47 Å². The van der Waals surface area contributed by atoms with Crippen molar-refractivity contribution in [3.8, 4) is 0 Å². The van der Waals surface area contributed by atoms with Gasteiger partial charge in [-0.2, -0.15) is 0 Å². The summed E-state index contributed by atoms with van der Waals surface area (Å²) in [7, 11) is 8.44. The number of fused-ring (bicyclic) bond motifs is 1. The molecule has 30 heavy (non-hydrogen) atoms. The summed E-state index contributed by atoms with van der Waals surface area (Å²) >= 11 is 0. The Morgan fingerprint density at radius 2 is 1.87 bits per heavy atom. The van der Waals surface area contributed by atoms with Crippen molar-refractivity contribution in [1.82, 2.24) is 20.4 Å². The predicted molar refractivity (Wildman–Crippen MR) is 126 cm³/mol. The Morgan fingerprint density at radius 3 is 2.53 bits per heavy atom. The third-order valence-corrected chi connectivity index (χ3v) is 5.81. The molecule has 0 unspecified atom stereocenters. The maximum Gasteiger partial charge on any atom is 0.177 e. The van der Waals surface area contributed by atoms with Gasteiger partial charge in [0.2, 0.25) is 0 Å². The average molecular weight is 421 g/mol. The average Bonchev–Trinajstić information content (AvgIpc) is 2.65. The molecule has 2 aliphatic rings. The van der Waals surface area contributed by atoms with E-state index in [0.29, 0.717) is 18.6 Å². The van der Waals surface area contributed by atoms with Crippen LogP contribution in [0.25, 0.3) is 0 Å². The second-order valence-electron chi connectivity index (χ2n) is 9.33. The SMILES string of the molecule is C=C(C)CCO[C@@H]1C=C(CNCCN(C)C)[C@H]2C[C@H](NCCN(C)C)C(C)=C[C@H]2O1. The molecule has 0 radical (unpaired) electrons. The molecule has 2 N–H and O–H groups in total. The lowest BCUT2D eigenvalue weighted by molar-refractivity contribution is -0.150. The van der Waals surface area contributed by atoms with Gasteiger partial charge in [0.1, 0.15) is 0 Å². The van der Waals surface area contributed by atoms with Crippen LogP contribution in [-0.2, 0) is 9.47 Å². The van der Waals surface area contributed by atoms with E-state index in [4.69, 9.17) is 9.47 Å². The second kappa shape index (κ2) is 12.7. The quantitative estimate of drug-likeness (QED) is 0.352. The lowest BCUT2D eigenvalue weighted by Gasteiger charge is -2.41. The van der Waals surface area contributed by atoms with E-state index in [9.17, 15) is 0 Å². The van der Waals surface area contributed by atoms with Gasteiger partial charge in [-0.15, -0.1) is 6.58 Å². The van der Waals surface area contributed by atoms with E-state index in [1.807, 2.05) is 6.92 Å². The van der Waals surface area contributed by atoms with Gasteiger partial charge in [0, 0.05) is 44.7 Å². The molecule has 1 aliphatic heterocycles. The van der Waals surface area contributed by atoms with Crippen LogP contribution < -0.4 is 10.6 Å². The molecule has 0 saturated heterocycles. The van der Waals surface area contributed by atoms with E-state index in [2.05, 4.69) is 74.3 Å². The largest absolute Gasteiger partial charge is 0.349 e. The van der Waals surface area contributed by atoms with E-state index in [1.165, 1.54) is 11.1 Å². The summed E-state index contributed by atoms with van der Waals surface area (Å²) in [5.74, 6) is 0.387. The van der Waals surface area contributed by atoms with Crippen molar-refractivity contribution in [2.75, 3.05) is 67.5 Å². The molecule has 172 valence electrons. The molecule has 0 aromatic heterocycles. The van der Waals surface area contributed by atoms with Crippen molar-refractivity contribution in [3.63, 3.8) is 0 Å². The third-order valence-electron chi connectivity index (χ3n) is 5.81. The first-order valence-electron chi connectivity index (χ1n) is 11.3. The van der Waals surface area contributed by atoms with Gasteiger partial charge >= 0.3 is 0 Å². The first kappa shape index (κ1) is 25.2. The Labute approximate surface area is 184 Å². The molecule has 6 heteroatoms. The zero-order valence-electron chi connectivity index (χ0n) is 20.0. The minimum Gasteiger partial charge on any atom is -0.349 e. The number of rotatable bonds is 13. The van der Waals surface area contributed by atoms with Crippen LogP contribution in [0.1, 0.15) is 26.7 Å². The monoisotopic (exact) mass is 420 g/mol. The summed E-state index contributed by atoms with van der Waals surface area (Å²) in [6.07, 6.45) is 6.25. The third kappa shape index (κ3) is 8.61. The Bertz CT molecular complexity index is 600. The van der Waals surface area contributed by atoms with Gasteiger partial charge in [-0.25, -0.2) is 0 Å². The molecule has 0 fully saturated rings. The van der Waals surface area contributed by atoms with Crippen LogP contribution in [0.3, 0.4) is 0 Å². The van der Waals surface area contributed by atoms with Crippen molar-refractivity contribution in [1.29, 1.82) is 0 Å². The molecular formula is C24H44N4O2. The molecule has 0 saturated carbocycles. The van der Waals surface area contributed by atoms with Crippen molar-refractivity contribution in [2.24, 2.45) is 5.92 Å². The Morgan fingerprint density at radius 1 is 1.17 bits per heavy atom. The molecule has 0 spiro atoms. The maximum atomic E-state index is 6.33. The van der Waals surface area contributed by atoms with Gasteiger partial charge in [0.15, 0.2) is 6.29 Å². The normalized spacial score (nSPS) is 26.5. The summed E-state index contributed by atoms with van der Waals surface area (Å²) in [4.78, 5) is 4.42. The molecule has 1 heterocycles. The summed E-state index contributed by atoms with van der Waals surface area (Å²) in [5, 5.41) is 7.35. The maximum absolute atomic E-state index is 6.33. The van der Waals surface area contributed by atoms with Crippen LogP contribution in [0.4, 0.5) is 0 Å². The highest BCUT2D eigenvalue weighted by molar-refractivity contribution is 5.26. The van der Waals surface area contributed by atoms with Crippen LogP contribution in [0.15, 0.2) is 35.5 Å². The van der Waals surface area contributed by atoms with E-state index in [-0.39, 0.29) is 12.4 Å². The van der Waals surface area contributed by atoms with Crippen LogP contribution >= 0.6 is 0 Å². The van der Waals surface area contributed by atoms with E-state index >= 15 is 0 Å². The van der Waals surface area contributed by atoms with Crippen LogP contribution in [0.5, 0.6) is 0 Å². The Balaban J connectivity index is 2.03. The van der Waals surface area contributed by atoms with Gasteiger partial charge < -0.3 is 29.9 Å². The molecule has 1 aliphatic carbocycles. The summed E-state index contributed by atoms with van der Waals surface area (Å²) in [6.45, 7) is 13.8. The minimum atomic E-state index is -0.279. The molecule has 0 bridgehead atoms. The van der Waals surface area contributed by atoms with Gasteiger partial charge in [-0.3, -0.25) is 0 Å². The van der Waals surface area contributed by atoms with E-state index in [1.54, 1.807) is 0 Å². The predicted octanol–water partition coefficient (Wildman–Crippen LogP) is 2.26. The first-order chi connectivity index (χ1) is 14.3. The molecule has 4 atom stereocenters. The highest BCUT2D eigenvalue weighted by Crippen LogP contribution is 2.36. The van der Waals surface area contributed by atoms with E-state index in [0.717, 1.165) is 51.1 Å². The summed E-state index contributed by atoms with van der Waals surface area (Å²) in [5.41, 5.74) is 3.92. The Hall–Kier alpha value is -1.02. The second-order valence-corrected chi connectivity index (χ2v) is 9.33. The fourth-order valence-electron chi connectivity index (χ4n) is 3.92. The van der Waals surface area contributed by atoms with Gasteiger partial charge in [-0.05, 0) is 66.5 Å². The molecule has 2 rings (SSSR count). The molecule has 0 aromatic carbocycles. The number of hydrogen-bond donors (Lipinski definition) is 2. The fourth-order valence-corrected chi connectivity index (χ4v) is 3.92. The number of nitrogens with zero attached hydrogens (tertiary/aromatic N) is 2. The van der Waals surface area contributed by atoms with Crippen molar-refractivity contribution in [3.05, 3.63) is 35.5 Å². The zero-order valence-corrected chi connectivity index (χ0v) is 20.0. The number of hydrogen-bond acceptors (Lipinski definition) is 6. The molecular weight excluding hydrogens is 376 g/mol. The van der Waals surface area contributed by atoms with Crippen LogP contribution in [-0.4, -0.2) is 95.8 Å². The smallest absolute Gasteiger partial charge is 0.177 e. The topological polar surface area (TPSA) is 49.0 Å². The highest BCUT2D eigenvalue weighted by atomic mass is 16.7. The molecule has 6 nitrogen and oxygen atoms in total. The van der Waals surface area contributed by atoms with Crippen molar-refractivity contribution >= 4 is 0 Å². The Kier molecular flexibility index (Phi) is 10.7. The summed E-state index contributed by atoms with van der Waals surface area (Å²) in [6, 6.07) is 0.404. The fraction of sp³-hybridized carbons (Fsp3) is 0.750. The van der Waals surface area contributed by atoms with Crippen LogP contribution in [0.2, 0.25) is 0 Å². The summed E-state index contributed by atoms with van der Waals surface area (Å²) < 4.78 is 12.4. The van der Waals surface area contributed by atoms with E-state index < -0.39 is 0 Å². The van der Waals surface area contributed by atoms with Gasteiger partial charge in [-0.1, -0.05) is 17.2 Å². The number of ether oxygens (including phenoxy) is 2. The standard InChI is InChI=1S/C24H44N4O2/c1-18(2)8-13-29-24-15-20(17-25-9-11-27(4)5)21-16-22(26-10-12-28(6)7)19(3)14-23(21)30-24/h14-15,21-26H,1,8-13,16-17H2,2-7H3/t21-,22+,23-,24+/m1/s1. The van der Waals surface area contributed by atoms with Gasteiger partial charge in [0.25, 0.3) is 0 Å². The number of likely N-dealkylation sites (N-methyl/N-ethyl adjacent to an activating group) is 2. The minimum absolute atomic E-state index is 0.0855. The number of nitrogens with one attached hydrogen (secondary N) is 2.